The molecule has 7 heteroatoms. The van der Waals surface area contributed by atoms with Crippen LogP contribution in [0.2, 0.25) is 0 Å². The molecule has 1 aliphatic heterocycles. The van der Waals surface area contributed by atoms with Gasteiger partial charge in [-0.25, -0.2) is 0 Å². The average molecular weight is 307 g/mol. The van der Waals surface area contributed by atoms with Crippen LogP contribution in [0.5, 0.6) is 0 Å². The Morgan fingerprint density at radius 2 is 2.29 bits per heavy atom. The largest absolute Gasteiger partial charge is 0.297 e. The minimum absolute atomic E-state index is 0.181. The van der Waals surface area contributed by atoms with Crippen molar-refractivity contribution >= 4 is 20.6 Å². The number of hydrogen-bond donors (Lipinski definition) is 1. The SMILES string of the molecule is CCCCN1N=C(Br)C([N+](=O)[O-])C1NC(C)C. The van der Waals surface area contributed by atoms with Crippen molar-refractivity contribution in [1.29, 1.82) is 0 Å². The van der Waals surface area contributed by atoms with Crippen LogP contribution in [0, 0.1) is 10.1 Å². The Kier molecular flexibility index (Phi) is 5.32. The third kappa shape index (κ3) is 3.64. The predicted octanol–water partition coefficient (Wildman–Crippen LogP) is 1.78. The topological polar surface area (TPSA) is 70.8 Å². The van der Waals surface area contributed by atoms with Crippen LogP contribution in [0.3, 0.4) is 0 Å². The van der Waals surface area contributed by atoms with Crippen LogP contribution < -0.4 is 5.32 Å². The second-order valence-electron chi connectivity index (χ2n) is 4.44. The lowest BCUT2D eigenvalue weighted by Crippen LogP contribution is -2.53. The molecule has 1 rings (SSSR count). The molecule has 0 spiro atoms. The zero-order chi connectivity index (χ0) is 13.0. The number of hydrogen-bond acceptors (Lipinski definition) is 5. The van der Waals surface area contributed by atoms with Gasteiger partial charge in [0.1, 0.15) is 0 Å². The number of unbranched alkanes of at least 4 members (excludes halogenated alkanes) is 1. The molecule has 1 heterocycles. The van der Waals surface area contributed by atoms with Crippen LogP contribution in [0.15, 0.2) is 5.10 Å². The first-order valence-electron chi connectivity index (χ1n) is 5.87. The molecule has 6 nitrogen and oxygen atoms in total. The second-order valence-corrected chi connectivity index (χ2v) is 5.25. The van der Waals surface area contributed by atoms with Gasteiger partial charge in [0.15, 0.2) is 10.8 Å². The van der Waals surface area contributed by atoms with Crippen molar-refractivity contribution in [2.75, 3.05) is 6.54 Å². The van der Waals surface area contributed by atoms with Gasteiger partial charge >= 0.3 is 0 Å². The number of hydrazone groups is 1. The van der Waals surface area contributed by atoms with E-state index in [9.17, 15) is 10.1 Å². The van der Waals surface area contributed by atoms with Crippen molar-refractivity contribution in [3.05, 3.63) is 10.1 Å². The molecule has 1 aliphatic rings. The molecular weight excluding hydrogens is 288 g/mol. The Hall–Kier alpha value is -0.690. The van der Waals surface area contributed by atoms with E-state index in [2.05, 4.69) is 33.3 Å². The van der Waals surface area contributed by atoms with Crippen LogP contribution >= 0.6 is 15.9 Å². The zero-order valence-corrected chi connectivity index (χ0v) is 12.0. The van der Waals surface area contributed by atoms with Crippen molar-refractivity contribution in [2.45, 2.75) is 51.9 Å². The predicted molar refractivity (Wildman–Crippen MR) is 70.8 cm³/mol. The Labute approximate surface area is 110 Å². The van der Waals surface area contributed by atoms with Crippen molar-refractivity contribution < 1.29 is 4.92 Å². The van der Waals surface area contributed by atoms with Gasteiger partial charge in [0.05, 0.1) is 0 Å². The Morgan fingerprint density at radius 3 is 2.76 bits per heavy atom. The summed E-state index contributed by atoms with van der Waals surface area (Å²) in [7, 11) is 0. The standard InChI is InChI=1S/C10H19BrN4O2/c1-4-5-6-14-10(12-7(2)3)8(15(16)17)9(11)13-14/h7-8,10,12H,4-6H2,1-3H3. The van der Waals surface area contributed by atoms with E-state index < -0.39 is 6.04 Å². The lowest BCUT2D eigenvalue weighted by Gasteiger charge is -2.26. The highest BCUT2D eigenvalue weighted by molar-refractivity contribution is 9.18. The summed E-state index contributed by atoms with van der Waals surface area (Å²) in [5, 5.41) is 20.3. The molecule has 17 heavy (non-hydrogen) atoms. The van der Waals surface area contributed by atoms with Gasteiger partial charge in [0.2, 0.25) is 0 Å². The van der Waals surface area contributed by atoms with Gasteiger partial charge in [-0.2, -0.15) is 5.10 Å². The van der Waals surface area contributed by atoms with Crippen LogP contribution in [-0.2, 0) is 0 Å². The normalized spacial score (nSPS) is 24.3. The molecule has 0 radical (unpaired) electrons. The molecular formula is C10H19BrN4O2. The maximum Gasteiger partial charge on any atom is 0.297 e. The van der Waals surface area contributed by atoms with Gasteiger partial charge in [-0.1, -0.05) is 13.3 Å². The maximum absolute atomic E-state index is 11.1. The number of nitrogens with one attached hydrogen (secondary N) is 1. The fraction of sp³-hybridized carbons (Fsp3) is 0.900. The zero-order valence-electron chi connectivity index (χ0n) is 10.4. The number of halogens is 1. The number of rotatable bonds is 6. The van der Waals surface area contributed by atoms with E-state index >= 15 is 0 Å². The molecule has 0 aromatic rings. The summed E-state index contributed by atoms with van der Waals surface area (Å²) in [6.45, 7) is 6.77. The summed E-state index contributed by atoms with van der Waals surface area (Å²) >= 11 is 3.19. The Bertz CT molecular complexity index is 309. The summed E-state index contributed by atoms with van der Waals surface area (Å²) in [6.07, 6.45) is 1.66. The first-order valence-corrected chi connectivity index (χ1v) is 6.66. The molecule has 0 aliphatic carbocycles. The second kappa shape index (κ2) is 6.30. The molecule has 0 saturated carbocycles. The molecule has 2 atom stereocenters. The van der Waals surface area contributed by atoms with Gasteiger partial charge in [-0.05, 0) is 36.2 Å². The first kappa shape index (κ1) is 14.4. The minimum Gasteiger partial charge on any atom is -0.288 e. The van der Waals surface area contributed by atoms with E-state index in [0.29, 0.717) is 4.62 Å². The molecule has 0 bridgehead atoms. The van der Waals surface area contributed by atoms with E-state index in [1.807, 2.05) is 13.8 Å². The third-order valence-corrected chi connectivity index (χ3v) is 3.19. The fourth-order valence-corrected chi connectivity index (χ4v) is 2.39. The lowest BCUT2D eigenvalue weighted by atomic mass is 10.2. The smallest absolute Gasteiger partial charge is 0.288 e. The highest BCUT2D eigenvalue weighted by Crippen LogP contribution is 2.21. The van der Waals surface area contributed by atoms with E-state index in [0.717, 1.165) is 19.4 Å². The quantitative estimate of drug-likeness (QED) is 0.600. The highest BCUT2D eigenvalue weighted by atomic mass is 79.9. The molecule has 1 N–H and O–H groups in total. The Balaban J connectivity index is 2.78. The minimum atomic E-state index is -0.811. The fourth-order valence-electron chi connectivity index (χ4n) is 1.77. The molecule has 0 saturated heterocycles. The van der Waals surface area contributed by atoms with Crippen molar-refractivity contribution in [1.82, 2.24) is 10.3 Å². The summed E-state index contributed by atoms with van der Waals surface area (Å²) in [5.74, 6) is 0. The molecule has 0 aromatic carbocycles. The van der Waals surface area contributed by atoms with Crippen molar-refractivity contribution in [2.24, 2.45) is 5.10 Å². The lowest BCUT2D eigenvalue weighted by molar-refractivity contribution is -0.508. The van der Waals surface area contributed by atoms with Gasteiger partial charge in [-0.15, -0.1) is 0 Å². The monoisotopic (exact) mass is 306 g/mol. The maximum atomic E-state index is 11.1. The van der Waals surface area contributed by atoms with Gasteiger partial charge < -0.3 is 0 Å². The molecule has 0 fully saturated rings. The summed E-state index contributed by atoms with van der Waals surface area (Å²) in [5.41, 5.74) is 0. The van der Waals surface area contributed by atoms with E-state index in [1.54, 1.807) is 5.01 Å². The van der Waals surface area contributed by atoms with E-state index in [4.69, 9.17) is 0 Å². The molecule has 0 aromatic heterocycles. The van der Waals surface area contributed by atoms with Crippen LogP contribution in [0.4, 0.5) is 0 Å². The summed E-state index contributed by atoms with van der Waals surface area (Å²) < 4.78 is 0.400. The van der Waals surface area contributed by atoms with E-state index in [-0.39, 0.29) is 17.1 Å². The van der Waals surface area contributed by atoms with E-state index in [1.165, 1.54) is 0 Å². The van der Waals surface area contributed by atoms with Gasteiger partial charge in [0.25, 0.3) is 6.04 Å². The third-order valence-electron chi connectivity index (χ3n) is 2.56. The van der Waals surface area contributed by atoms with Crippen LogP contribution in [-0.4, -0.2) is 39.3 Å². The Morgan fingerprint density at radius 1 is 1.65 bits per heavy atom. The summed E-state index contributed by atoms with van der Waals surface area (Å²) in [4.78, 5) is 10.8. The first-order chi connectivity index (χ1) is 7.97. The van der Waals surface area contributed by atoms with Crippen molar-refractivity contribution in [3.63, 3.8) is 0 Å². The number of nitro groups is 1. The van der Waals surface area contributed by atoms with Crippen LogP contribution in [0.1, 0.15) is 33.6 Å². The number of nitrogens with zero attached hydrogens (tertiary/aromatic N) is 3. The molecule has 98 valence electrons. The van der Waals surface area contributed by atoms with Gasteiger partial charge in [-0.3, -0.25) is 20.4 Å². The molecule has 2 unspecified atom stereocenters. The highest BCUT2D eigenvalue weighted by Gasteiger charge is 2.44. The van der Waals surface area contributed by atoms with Crippen molar-refractivity contribution in [3.8, 4) is 0 Å². The average Bonchev–Trinajstić information content (AvgIpc) is 2.51. The molecule has 0 amide bonds. The van der Waals surface area contributed by atoms with Gasteiger partial charge in [0, 0.05) is 17.5 Å². The van der Waals surface area contributed by atoms with Crippen LogP contribution in [0.25, 0.3) is 0 Å². The summed E-state index contributed by atoms with van der Waals surface area (Å²) in [6, 6.07) is -0.630.